The van der Waals surface area contributed by atoms with Crippen LogP contribution in [0.1, 0.15) is 12.5 Å². The van der Waals surface area contributed by atoms with Crippen molar-refractivity contribution in [2.24, 2.45) is 0 Å². The van der Waals surface area contributed by atoms with Gasteiger partial charge in [-0.25, -0.2) is 4.79 Å². The van der Waals surface area contributed by atoms with Crippen molar-refractivity contribution in [1.82, 2.24) is 10.2 Å². The van der Waals surface area contributed by atoms with Gasteiger partial charge in [0.05, 0.1) is 12.6 Å². The van der Waals surface area contributed by atoms with E-state index < -0.39 is 0 Å². The van der Waals surface area contributed by atoms with Gasteiger partial charge in [0.2, 0.25) is 0 Å². The Labute approximate surface area is 136 Å². The van der Waals surface area contributed by atoms with Gasteiger partial charge in [0.25, 0.3) is 0 Å². The van der Waals surface area contributed by atoms with Crippen molar-refractivity contribution in [2.45, 2.75) is 19.5 Å². The first-order valence-corrected chi connectivity index (χ1v) is 7.53. The quantitative estimate of drug-likeness (QED) is 0.861. The maximum atomic E-state index is 12.0. The number of nitrogens with one attached hydrogen (secondary N) is 1. The van der Waals surface area contributed by atoms with Crippen LogP contribution >= 0.6 is 0 Å². The topological polar surface area (TPSA) is 61.8 Å². The van der Waals surface area contributed by atoms with Crippen molar-refractivity contribution in [1.29, 1.82) is 0 Å². The Balaban J connectivity index is 1.94. The molecule has 2 rings (SSSR count). The minimum Gasteiger partial charge on any atom is -0.457 e. The van der Waals surface area contributed by atoms with Crippen molar-refractivity contribution < 1.29 is 14.6 Å². The number of nitrogens with zero attached hydrogens (tertiary/aromatic N) is 1. The van der Waals surface area contributed by atoms with Crippen molar-refractivity contribution in [2.75, 3.05) is 13.7 Å². The number of aliphatic hydroxyl groups excluding tert-OH is 1. The second-order valence-corrected chi connectivity index (χ2v) is 5.36. The van der Waals surface area contributed by atoms with E-state index in [1.54, 1.807) is 14.0 Å². The first-order chi connectivity index (χ1) is 11.1. The zero-order valence-corrected chi connectivity index (χ0v) is 13.4. The summed E-state index contributed by atoms with van der Waals surface area (Å²) in [6.45, 7) is 2.12. The summed E-state index contributed by atoms with van der Waals surface area (Å²) in [5.41, 5.74) is 0.942. The first kappa shape index (κ1) is 16.8. The molecule has 0 aromatic heterocycles. The molecular weight excluding hydrogens is 292 g/mol. The van der Waals surface area contributed by atoms with Gasteiger partial charge in [0, 0.05) is 13.6 Å². The molecule has 1 unspecified atom stereocenters. The summed E-state index contributed by atoms with van der Waals surface area (Å²) >= 11 is 0. The van der Waals surface area contributed by atoms with Crippen LogP contribution in [-0.4, -0.2) is 35.7 Å². The third-order valence-corrected chi connectivity index (χ3v) is 3.57. The summed E-state index contributed by atoms with van der Waals surface area (Å²) in [4.78, 5) is 13.4. The van der Waals surface area contributed by atoms with Gasteiger partial charge >= 0.3 is 6.03 Å². The molecule has 0 spiro atoms. The fourth-order valence-electron chi connectivity index (χ4n) is 1.97. The molecule has 0 heterocycles. The summed E-state index contributed by atoms with van der Waals surface area (Å²) in [5, 5.41) is 11.9. The molecular formula is C18H22N2O3. The zero-order chi connectivity index (χ0) is 16.7. The van der Waals surface area contributed by atoms with Gasteiger partial charge in [-0.3, -0.25) is 0 Å². The normalized spacial score (nSPS) is 11.6. The van der Waals surface area contributed by atoms with E-state index in [-0.39, 0.29) is 18.7 Å². The highest BCUT2D eigenvalue weighted by Crippen LogP contribution is 2.21. The smallest absolute Gasteiger partial charge is 0.317 e. The highest BCUT2D eigenvalue weighted by atomic mass is 16.5. The molecule has 0 bridgehead atoms. The van der Waals surface area contributed by atoms with Crippen LogP contribution < -0.4 is 10.1 Å². The first-order valence-electron chi connectivity index (χ1n) is 7.53. The molecule has 122 valence electrons. The van der Waals surface area contributed by atoms with Crippen LogP contribution in [0.25, 0.3) is 0 Å². The molecule has 2 amide bonds. The largest absolute Gasteiger partial charge is 0.457 e. The number of rotatable bonds is 6. The van der Waals surface area contributed by atoms with E-state index in [4.69, 9.17) is 9.84 Å². The zero-order valence-electron chi connectivity index (χ0n) is 13.4. The number of urea groups is 1. The minimum atomic E-state index is -0.221. The Morgan fingerprint density at radius 2 is 1.87 bits per heavy atom. The Morgan fingerprint density at radius 1 is 1.17 bits per heavy atom. The summed E-state index contributed by atoms with van der Waals surface area (Å²) < 4.78 is 5.77. The Hall–Kier alpha value is -2.53. The Bertz CT molecular complexity index is 631. The molecule has 5 heteroatoms. The summed E-state index contributed by atoms with van der Waals surface area (Å²) in [6, 6.07) is 16.7. The minimum absolute atomic E-state index is 0.0652. The second-order valence-electron chi connectivity index (χ2n) is 5.36. The predicted octanol–water partition coefficient (Wildman–Crippen LogP) is 3.00. The number of ether oxygens (including phenoxy) is 1. The van der Waals surface area contributed by atoms with Gasteiger partial charge in [-0.05, 0) is 36.8 Å². The van der Waals surface area contributed by atoms with E-state index in [2.05, 4.69) is 5.32 Å². The van der Waals surface area contributed by atoms with Crippen molar-refractivity contribution in [3.05, 3.63) is 60.2 Å². The Kier molecular flexibility index (Phi) is 6.00. The molecule has 0 aliphatic carbocycles. The van der Waals surface area contributed by atoms with E-state index >= 15 is 0 Å². The molecule has 2 aromatic rings. The molecule has 0 aliphatic heterocycles. The highest BCUT2D eigenvalue weighted by molar-refractivity contribution is 5.74. The fourth-order valence-corrected chi connectivity index (χ4v) is 1.97. The number of amides is 2. The second kappa shape index (κ2) is 8.19. The molecule has 1 atom stereocenters. The average molecular weight is 314 g/mol. The van der Waals surface area contributed by atoms with E-state index in [0.29, 0.717) is 6.54 Å². The van der Waals surface area contributed by atoms with Crippen LogP contribution in [0, 0.1) is 0 Å². The third kappa shape index (κ3) is 5.00. The lowest BCUT2D eigenvalue weighted by Gasteiger charge is -2.23. The lowest BCUT2D eigenvalue weighted by molar-refractivity contribution is 0.157. The molecule has 2 N–H and O–H groups in total. The molecule has 0 saturated heterocycles. The Morgan fingerprint density at radius 3 is 2.57 bits per heavy atom. The van der Waals surface area contributed by atoms with Crippen LogP contribution in [0.15, 0.2) is 54.6 Å². The van der Waals surface area contributed by atoms with Gasteiger partial charge in [0.15, 0.2) is 0 Å². The monoisotopic (exact) mass is 314 g/mol. The molecule has 0 fully saturated rings. The number of benzene rings is 2. The van der Waals surface area contributed by atoms with Gasteiger partial charge in [-0.2, -0.15) is 0 Å². The fraction of sp³-hybridized carbons (Fsp3) is 0.278. The predicted molar refractivity (Wildman–Crippen MR) is 89.5 cm³/mol. The van der Waals surface area contributed by atoms with Crippen LogP contribution in [0.5, 0.6) is 11.5 Å². The van der Waals surface area contributed by atoms with Crippen LogP contribution in [0.4, 0.5) is 4.79 Å². The average Bonchev–Trinajstić information content (AvgIpc) is 2.59. The molecule has 23 heavy (non-hydrogen) atoms. The number of carbonyl (C=O) groups is 1. The van der Waals surface area contributed by atoms with Crippen LogP contribution in [-0.2, 0) is 6.54 Å². The number of likely N-dealkylation sites (N-methyl/N-ethyl adjacent to an activating group) is 1. The summed E-state index contributed by atoms with van der Waals surface area (Å²) in [5.74, 6) is 1.49. The van der Waals surface area contributed by atoms with E-state index in [1.807, 2.05) is 54.6 Å². The third-order valence-electron chi connectivity index (χ3n) is 3.57. The molecule has 2 aromatic carbocycles. The van der Waals surface area contributed by atoms with Gasteiger partial charge in [-0.15, -0.1) is 0 Å². The number of carbonyl (C=O) groups excluding carboxylic acids is 1. The lowest BCUT2D eigenvalue weighted by atomic mass is 10.2. The number of para-hydroxylation sites is 1. The molecule has 0 aliphatic rings. The van der Waals surface area contributed by atoms with Crippen molar-refractivity contribution >= 4 is 6.03 Å². The number of aliphatic hydroxyl groups is 1. The molecule has 0 saturated carbocycles. The maximum absolute atomic E-state index is 12.0. The summed E-state index contributed by atoms with van der Waals surface area (Å²) in [6.07, 6.45) is 0. The number of hydrogen-bond donors (Lipinski definition) is 2. The SMILES string of the molecule is CC(CO)N(C)C(=O)NCc1cccc(Oc2ccccc2)c1. The van der Waals surface area contributed by atoms with Gasteiger partial charge < -0.3 is 20.1 Å². The van der Waals surface area contributed by atoms with Crippen molar-refractivity contribution in [3.8, 4) is 11.5 Å². The standard InChI is InChI=1S/C18H22N2O3/c1-14(13-21)20(2)18(22)19-12-15-7-6-10-17(11-15)23-16-8-4-3-5-9-16/h3-11,14,21H,12-13H2,1-2H3,(H,19,22). The number of hydrogen-bond acceptors (Lipinski definition) is 3. The summed E-state index contributed by atoms with van der Waals surface area (Å²) in [7, 11) is 1.66. The lowest BCUT2D eigenvalue weighted by Crippen LogP contribution is -2.43. The van der Waals surface area contributed by atoms with E-state index in [0.717, 1.165) is 17.1 Å². The van der Waals surface area contributed by atoms with Gasteiger partial charge in [0.1, 0.15) is 11.5 Å². The highest BCUT2D eigenvalue weighted by Gasteiger charge is 2.14. The van der Waals surface area contributed by atoms with Crippen molar-refractivity contribution in [3.63, 3.8) is 0 Å². The maximum Gasteiger partial charge on any atom is 0.317 e. The van der Waals surface area contributed by atoms with E-state index in [9.17, 15) is 4.79 Å². The van der Waals surface area contributed by atoms with E-state index in [1.165, 1.54) is 4.90 Å². The van der Waals surface area contributed by atoms with Crippen LogP contribution in [0.3, 0.4) is 0 Å². The van der Waals surface area contributed by atoms with Gasteiger partial charge in [-0.1, -0.05) is 30.3 Å². The van der Waals surface area contributed by atoms with Crippen LogP contribution in [0.2, 0.25) is 0 Å². The molecule has 5 nitrogen and oxygen atoms in total. The molecule has 0 radical (unpaired) electrons.